The number of rotatable bonds is 5. The van der Waals surface area contributed by atoms with Crippen molar-refractivity contribution in [1.82, 2.24) is 10.2 Å². The highest BCUT2D eigenvalue weighted by molar-refractivity contribution is 5.98. The molecule has 0 saturated carbocycles. The Bertz CT molecular complexity index is 702. The molecule has 130 valence electrons. The molecule has 4 nitrogen and oxygen atoms in total. The van der Waals surface area contributed by atoms with Gasteiger partial charge in [-0.1, -0.05) is 54.6 Å². The fraction of sp³-hybridized carbons (Fsp3) is 0.333. The lowest BCUT2D eigenvalue weighted by Gasteiger charge is -2.19. The molecule has 1 fully saturated rings. The topological polar surface area (TPSA) is 49.4 Å². The number of nitrogens with zero attached hydrogens (tertiary/aromatic N) is 1. The van der Waals surface area contributed by atoms with Crippen LogP contribution in [0, 0.1) is 0 Å². The van der Waals surface area contributed by atoms with Crippen LogP contribution in [0.3, 0.4) is 0 Å². The molecule has 2 aromatic rings. The Hall–Kier alpha value is -2.46. The van der Waals surface area contributed by atoms with Gasteiger partial charge in [0.1, 0.15) is 0 Å². The average molecular weight is 336 g/mol. The lowest BCUT2D eigenvalue weighted by Crippen LogP contribution is -2.34. The largest absolute Gasteiger partial charge is 0.341 e. The van der Waals surface area contributed by atoms with Gasteiger partial charge in [-0.15, -0.1) is 0 Å². The third-order valence-corrected chi connectivity index (χ3v) is 4.57. The molecule has 0 atom stereocenters. The van der Waals surface area contributed by atoms with E-state index >= 15 is 0 Å². The number of ketones is 1. The molecule has 1 amide bonds. The summed E-state index contributed by atoms with van der Waals surface area (Å²) in [5, 5.41) is 3.28. The Morgan fingerprint density at radius 3 is 2.32 bits per heavy atom. The molecule has 1 saturated heterocycles. The molecule has 0 radical (unpaired) electrons. The normalized spacial score (nSPS) is 14.8. The molecule has 0 aromatic heterocycles. The predicted octanol–water partition coefficient (Wildman–Crippen LogP) is 3.14. The van der Waals surface area contributed by atoms with Crippen LogP contribution in [0.2, 0.25) is 0 Å². The van der Waals surface area contributed by atoms with E-state index in [0.29, 0.717) is 12.0 Å². The monoisotopic (exact) mass is 336 g/mol. The first kappa shape index (κ1) is 17.4. The van der Waals surface area contributed by atoms with Crippen molar-refractivity contribution < 1.29 is 9.59 Å². The summed E-state index contributed by atoms with van der Waals surface area (Å²) >= 11 is 0. The van der Waals surface area contributed by atoms with E-state index in [1.54, 1.807) is 0 Å². The van der Waals surface area contributed by atoms with E-state index in [4.69, 9.17) is 0 Å². The van der Waals surface area contributed by atoms with Crippen LogP contribution in [0.25, 0.3) is 11.1 Å². The van der Waals surface area contributed by atoms with Gasteiger partial charge in [0.05, 0.1) is 0 Å². The zero-order chi connectivity index (χ0) is 17.5. The van der Waals surface area contributed by atoms with Crippen LogP contribution in [0.4, 0.5) is 0 Å². The van der Waals surface area contributed by atoms with Crippen molar-refractivity contribution in [3.63, 3.8) is 0 Å². The lowest BCUT2D eigenvalue weighted by atomic mass is 10.0. The fourth-order valence-corrected chi connectivity index (χ4v) is 3.10. The van der Waals surface area contributed by atoms with Gasteiger partial charge in [-0.2, -0.15) is 0 Å². The summed E-state index contributed by atoms with van der Waals surface area (Å²) in [6.07, 6.45) is 1.54. The van der Waals surface area contributed by atoms with Gasteiger partial charge in [0, 0.05) is 38.0 Å². The highest BCUT2D eigenvalue weighted by atomic mass is 16.2. The SMILES string of the molecule is O=C(CCC(=O)N1CCCNCC1)c1ccc(-c2ccccc2)cc1. The van der Waals surface area contributed by atoms with Gasteiger partial charge in [-0.05, 0) is 24.1 Å². The number of Topliss-reactive ketones (excluding diaryl/α,β-unsaturated/α-hetero) is 1. The van der Waals surface area contributed by atoms with Crippen LogP contribution < -0.4 is 5.32 Å². The van der Waals surface area contributed by atoms with Crippen LogP contribution >= 0.6 is 0 Å². The van der Waals surface area contributed by atoms with Crippen molar-refractivity contribution in [2.75, 3.05) is 26.2 Å². The van der Waals surface area contributed by atoms with Gasteiger partial charge in [-0.3, -0.25) is 9.59 Å². The quantitative estimate of drug-likeness (QED) is 0.854. The summed E-state index contributed by atoms with van der Waals surface area (Å²) < 4.78 is 0. The first-order valence-electron chi connectivity index (χ1n) is 8.91. The number of benzene rings is 2. The molecule has 0 spiro atoms. The summed E-state index contributed by atoms with van der Waals surface area (Å²) in [4.78, 5) is 26.5. The number of carbonyl (C=O) groups excluding carboxylic acids is 2. The van der Waals surface area contributed by atoms with Gasteiger partial charge in [0.15, 0.2) is 5.78 Å². The molecular weight excluding hydrogens is 312 g/mol. The van der Waals surface area contributed by atoms with Crippen molar-refractivity contribution in [1.29, 1.82) is 0 Å². The number of nitrogens with one attached hydrogen (secondary N) is 1. The first-order chi connectivity index (χ1) is 12.2. The van der Waals surface area contributed by atoms with Crippen molar-refractivity contribution in [2.45, 2.75) is 19.3 Å². The molecule has 25 heavy (non-hydrogen) atoms. The molecule has 4 heteroatoms. The van der Waals surface area contributed by atoms with Gasteiger partial charge in [0.2, 0.25) is 5.91 Å². The highest BCUT2D eigenvalue weighted by Crippen LogP contribution is 2.20. The minimum atomic E-state index is 0.0286. The maximum absolute atomic E-state index is 12.4. The van der Waals surface area contributed by atoms with Gasteiger partial charge in [0.25, 0.3) is 0 Å². The molecular formula is C21H24N2O2. The smallest absolute Gasteiger partial charge is 0.223 e. The van der Waals surface area contributed by atoms with Crippen LogP contribution in [0.5, 0.6) is 0 Å². The fourth-order valence-electron chi connectivity index (χ4n) is 3.10. The van der Waals surface area contributed by atoms with Gasteiger partial charge < -0.3 is 10.2 Å². The molecule has 0 unspecified atom stereocenters. The van der Waals surface area contributed by atoms with E-state index in [2.05, 4.69) is 5.32 Å². The van der Waals surface area contributed by atoms with E-state index in [9.17, 15) is 9.59 Å². The minimum Gasteiger partial charge on any atom is -0.341 e. The summed E-state index contributed by atoms with van der Waals surface area (Å²) in [6, 6.07) is 17.7. The van der Waals surface area contributed by atoms with Crippen molar-refractivity contribution in [2.24, 2.45) is 0 Å². The second kappa shape index (κ2) is 8.58. The Balaban J connectivity index is 1.55. The maximum atomic E-state index is 12.4. The number of hydrogen-bond donors (Lipinski definition) is 1. The third kappa shape index (κ3) is 4.77. The van der Waals surface area contributed by atoms with Crippen molar-refractivity contribution >= 4 is 11.7 Å². The molecule has 1 heterocycles. The van der Waals surface area contributed by atoms with Gasteiger partial charge in [-0.25, -0.2) is 0 Å². The Morgan fingerprint density at radius 2 is 1.56 bits per heavy atom. The number of amides is 1. The van der Waals surface area contributed by atoms with E-state index < -0.39 is 0 Å². The van der Waals surface area contributed by atoms with Crippen molar-refractivity contribution in [3.8, 4) is 11.1 Å². The van der Waals surface area contributed by atoms with Crippen LogP contribution in [0.15, 0.2) is 54.6 Å². The summed E-state index contributed by atoms with van der Waals surface area (Å²) in [7, 11) is 0. The molecule has 3 rings (SSSR count). The van der Waals surface area contributed by atoms with E-state index in [1.807, 2.05) is 59.5 Å². The van der Waals surface area contributed by atoms with Crippen LogP contribution in [-0.4, -0.2) is 42.8 Å². The highest BCUT2D eigenvalue weighted by Gasteiger charge is 2.16. The Morgan fingerprint density at radius 1 is 0.840 bits per heavy atom. The summed E-state index contributed by atoms with van der Waals surface area (Å²) in [5.74, 6) is 0.110. The first-order valence-corrected chi connectivity index (χ1v) is 8.91. The average Bonchev–Trinajstić information content (AvgIpc) is 2.96. The minimum absolute atomic E-state index is 0.0286. The molecule has 1 aliphatic heterocycles. The second-order valence-electron chi connectivity index (χ2n) is 6.35. The lowest BCUT2D eigenvalue weighted by molar-refractivity contribution is -0.130. The molecule has 2 aromatic carbocycles. The third-order valence-electron chi connectivity index (χ3n) is 4.57. The summed E-state index contributed by atoms with van der Waals surface area (Å²) in [6.45, 7) is 3.31. The number of carbonyl (C=O) groups is 2. The zero-order valence-electron chi connectivity index (χ0n) is 14.4. The maximum Gasteiger partial charge on any atom is 0.223 e. The number of hydrogen-bond acceptors (Lipinski definition) is 3. The Labute approximate surface area is 148 Å². The second-order valence-corrected chi connectivity index (χ2v) is 6.35. The molecule has 0 bridgehead atoms. The molecule has 1 aliphatic rings. The predicted molar refractivity (Wildman–Crippen MR) is 99.5 cm³/mol. The molecule has 1 N–H and O–H groups in total. The Kier molecular flexibility index (Phi) is 5.96. The molecule has 0 aliphatic carbocycles. The van der Waals surface area contributed by atoms with Gasteiger partial charge >= 0.3 is 0 Å². The van der Waals surface area contributed by atoms with E-state index in [-0.39, 0.29) is 18.1 Å². The standard InChI is InChI=1S/C21H24N2O2/c24-20(11-12-21(25)23-15-4-13-22-14-16-23)19-9-7-18(8-10-19)17-5-2-1-3-6-17/h1-3,5-10,22H,4,11-16H2. The summed E-state index contributed by atoms with van der Waals surface area (Å²) in [5.41, 5.74) is 2.89. The van der Waals surface area contributed by atoms with E-state index in [0.717, 1.165) is 43.7 Å². The van der Waals surface area contributed by atoms with E-state index in [1.165, 1.54) is 0 Å². The zero-order valence-corrected chi connectivity index (χ0v) is 14.4. The van der Waals surface area contributed by atoms with Crippen LogP contribution in [-0.2, 0) is 4.79 Å². The van der Waals surface area contributed by atoms with Crippen LogP contribution in [0.1, 0.15) is 29.6 Å². The van der Waals surface area contributed by atoms with Crippen molar-refractivity contribution in [3.05, 3.63) is 60.2 Å².